The zero-order valence-corrected chi connectivity index (χ0v) is 9.15. The number of carbonyl (C=O) groups is 1. The van der Waals surface area contributed by atoms with Gasteiger partial charge in [-0.25, -0.2) is 8.78 Å². The Bertz CT molecular complexity index is 543. The normalized spacial score (nSPS) is 10.5. The highest BCUT2D eigenvalue weighted by Gasteiger charge is 2.21. The Morgan fingerprint density at radius 1 is 1.29 bits per heavy atom. The molecule has 0 amide bonds. The molecule has 0 atom stereocenters. The summed E-state index contributed by atoms with van der Waals surface area (Å²) in [4.78, 5) is 12.0. The number of hydrogen-bond acceptors (Lipinski definition) is 2. The Morgan fingerprint density at radius 3 is 2.53 bits per heavy atom. The quantitative estimate of drug-likeness (QED) is 0.767. The number of rotatable bonds is 3. The summed E-state index contributed by atoms with van der Waals surface area (Å²) in [6, 6.07) is 4.78. The minimum atomic E-state index is -0.862. The zero-order chi connectivity index (χ0) is 12.4. The second kappa shape index (κ2) is 4.45. The molecule has 0 aliphatic carbocycles. The molecule has 0 N–H and O–H groups in total. The molecule has 0 spiro atoms. The highest BCUT2D eigenvalue weighted by Crippen LogP contribution is 2.16. The van der Waals surface area contributed by atoms with Gasteiger partial charge in [-0.2, -0.15) is 5.10 Å². The summed E-state index contributed by atoms with van der Waals surface area (Å²) in [7, 11) is 0. The van der Waals surface area contributed by atoms with Crippen molar-refractivity contribution in [3.8, 4) is 0 Å². The topological polar surface area (TPSA) is 34.9 Å². The first kappa shape index (κ1) is 11.4. The van der Waals surface area contributed by atoms with Crippen LogP contribution in [0.25, 0.3) is 0 Å². The second-order valence-electron chi connectivity index (χ2n) is 3.46. The molecule has 0 saturated heterocycles. The summed E-state index contributed by atoms with van der Waals surface area (Å²) < 4.78 is 28.3. The van der Waals surface area contributed by atoms with Crippen LogP contribution in [-0.2, 0) is 6.54 Å². The van der Waals surface area contributed by atoms with Crippen molar-refractivity contribution in [3.63, 3.8) is 0 Å². The van der Waals surface area contributed by atoms with E-state index in [9.17, 15) is 13.6 Å². The first-order chi connectivity index (χ1) is 8.15. The number of hydrogen-bond donors (Lipinski definition) is 0. The maximum Gasteiger partial charge on any atom is 0.216 e. The van der Waals surface area contributed by atoms with E-state index in [1.807, 2.05) is 0 Å². The lowest BCUT2D eigenvalue weighted by Gasteiger charge is -2.05. The van der Waals surface area contributed by atoms with E-state index in [4.69, 9.17) is 0 Å². The van der Waals surface area contributed by atoms with Crippen LogP contribution in [0, 0.1) is 11.6 Å². The van der Waals surface area contributed by atoms with Gasteiger partial charge in [0.25, 0.3) is 0 Å². The molecule has 1 heterocycles. The lowest BCUT2D eigenvalue weighted by Crippen LogP contribution is -2.13. The summed E-state index contributed by atoms with van der Waals surface area (Å²) in [5.74, 6) is -2.42. The van der Waals surface area contributed by atoms with Crippen molar-refractivity contribution in [2.24, 2.45) is 0 Å². The second-order valence-corrected chi connectivity index (χ2v) is 3.46. The molecule has 0 aliphatic rings. The average Bonchev–Trinajstić information content (AvgIpc) is 2.76. The van der Waals surface area contributed by atoms with Crippen LogP contribution in [0.4, 0.5) is 8.78 Å². The van der Waals surface area contributed by atoms with E-state index in [2.05, 4.69) is 5.10 Å². The maximum absolute atomic E-state index is 13.4. The van der Waals surface area contributed by atoms with Crippen LogP contribution in [0.1, 0.15) is 23.0 Å². The third-order valence-electron chi connectivity index (χ3n) is 2.44. The van der Waals surface area contributed by atoms with Gasteiger partial charge in [0.15, 0.2) is 0 Å². The minimum absolute atomic E-state index is 0.177. The van der Waals surface area contributed by atoms with E-state index in [-0.39, 0.29) is 5.69 Å². The largest absolute Gasteiger partial charge is 0.287 e. The first-order valence-electron chi connectivity index (χ1n) is 5.15. The van der Waals surface area contributed by atoms with E-state index in [0.29, 0.717) is 6.54 Å². The molecule has 2 aromatic rings. The molecule has 1 aromatic carbocycles. The number of carbonyl (C=O) groups excluding carboxylic acids is 1. The molecule has 0 unspecified atom stereocenters. The van der Waals surface area contributed by atoms with Gasteiger partial charge in [-0.05, 0) is 25.1 Å². The Kier molecular flexibility index (Phi) is 2.99. The summed E-state index contributed by atoms with van der Waals surface area (Å²) in [6.07, 6.45) is 1.43. The van der Waals surface area contributed by atoms with Gasteiger partial charge in [0.1, 0.15) is 17.3 Å². The lowest BCUT2D eigenvalue weighted by atomic mass is 10.1. The molecule has 3 nitrogen and oxygen atoms in total. The molecule has 88 valence electrons. The van der Waals surface area contributed by atoms with Crippen molar-refractivity contribution in [2.45, 2.75) is 13.5 Å². The van der Waals surface area contributed by atoms with Gasteiger partial charge in [-0.3, -0.25) is 9.48 Å². The van der Waals surface area contributed by atoms with E-state index >= 15 is 0 Å². The average molecular weight is 236 g/mol. The molecule has 0 fully saturated rings. The SMILES string of the molecule is CCn1nccc1C(=O)c1c(F)cccc1F. The van der Waals surface area contributed by atoms with E-state index in [1.165, 1.54) is 23.0 Å². The fourth-order valence-electron chi connectivity index (χ4n) is 1.62. The smallest absolute Gasteiger partial charge is 0.216 e. The summed E-state index contributed by atoms with van der Waals surface area (Å²) in [5, 5.41) is 3.89. The predicted molar refractivity (Wildman–Crippen MR) is 57.7 cm³/mol. The molecule has 1 aromatic heterocycles. The fourth-order valence-corrected chi connectivity index (χ4v) is 1.62. The third-order valence-corrected chi connectivity index (χ3v) is 2.44. The van der Waals surface area contributed by atoms with Crippen LogP contribution in [0.5, 0.6) is 0 Å². The van der Waals surface area contributed by atoms with Crippen LogP contribution in [0.3, 0.4) is 0 Å². The van der Waals surface area contributed by atoms with Gasteiger partial charge in [-0.15, -0.1) is 0 Å². The van der Waals surface area contributed by atoms with Crippen molar-refractivity contribution in [2.75, 3.05) is 0 Å². The van der Waals surface area contributed by atoms with Crippen molar-refractivity contribution >= 4 is 5.78 Å². The standard InChI is InChI=1S/C12H10F2N2O/c1-2-16-10(6-7-15-16)12(17)11-8(13)4-3-5-9(11)14/h3-7H,2H2,1H3. The zero-order valence-electron chi connectivity index (χ0n) is 9.15. The molecule has 0 saturated carbocycles. The predicted octanol–water partition coefficient (Wildman–Crippen LogP) is 2.41. The minimum Gasteiger partial charge on any atom is -0.287 e. The molecule has 0 radical (unpaired) electrons. The Hall–Kier alpha value is -2.04. The van der Waals surface area contributed by atoms with Crippen molar-refractivity contribution in [1.29, 1.82) is 0 Å². The van der Waals surface area contributed by atoms with E-state index < -0.39 is 23.0 Å². The van der Waals surface area contributed by atoms with Gasteiger partial charge >= 0.3 is 0 Å². The molecule has 5 heteroatoms. The third kappa shape index (κ3) is 1.95. The molecule has 17 heavy (non-hydrogen) atoms. The van der Waals surface area contributed by atoms with Crippen LogP contribution in [0.2, 0.25) is 0 Å². The van der Waals surface area contributed by atoms with Crippen LogP contribution in [-0.4, -0.2) is 15.6 Å². The van der Waals surface area contributed by atoms with Crippen LogP contribution >= 0.6 is 0 Å². The van der Waals surface area contributed by atoms with Gasteiger partial charge in [0.05, 0.1) is 5.56 Å². The van der Waals surface area contributed by atoms with Crippen LogP contribution in [0.15, 0.2) is 30.5 Å². The molecular formula is C12H10F2N2O. The highest BCUT2D eigenvalue weighted by atomic mass is 19.1. The Morgan fingerprint density at radius 2 is 1.94 bits per heavy atom. The molecular weight excluding hydrogens is 226 g/mol. The number of aryl methyl sites for hydroxylation is 1. The molecule has 0 aliphatic heterocycles. The Balaban J connectivity index is 2.51. The molecule has 0 bridgehead atoms. The van der Waals surface area contributed by atoms with Crippen molar-refractivity contribution < 1.29 is 13.6 Å². The van der Waals surface area contributed by atoms with Gasteiger partial charge in [-0.1, -0.05) is 6.07 Å². The summed E-state index contributed by atoms with van der Waals surface area (Å²) >= 11 is 0. The van der Waals surface area contributed by atoms with E-state index in [0.717, 1.165) is 12.1 Å². The monoisotopic (exact) mass is 236 g/mol. The first-order valence-corrected chi connectivity index (χ1v) is 5.15. The Labute approximate surface area is 96.7 Å². The lowest BCUT2D eigenvalue weighted by molar-refractivity contribution is 0.102. The number of nitrogens with zero attached hydrogens (tertiary/aromatic N) is 2. The number of ketones is 1. The van der Waals surface area contributed by atoms with Gasteiger partial charge in [0.2, 0.25) is 5.78 Å². The maximum atomic E-state index is 13.4. The number of halogens is 2. The molecule has 2 rings (SSSR count). The van der Waals surface area contributed by atoms with E-state index in [1.54, 1.807) is 6.92 Å². The number of aromatic nitrogens is 2. The van der Waals surface area contributed by atoms with Gasteiger partial charge < -0.3 is 0 Å². The van der Waals surface area contributed by atoms with Gasteiger partial charge in [0, 0.05) is 12.7 Å². The summed E-state index contributed by atoms with van der Waals surface area (Å²) in [5.41, 5.74) is -0.362. The van der Waals surface area contributed by atoms with Crippen molar-refractivity contribution in [1.82, 2.24) is 9.78 Å². The van der Waals surface area contributed by atoms with Crippen LogP contribution < -0.4 is 0 Å². The van der Waals surface area contributed by atoms with Crippen molar-refractivity contribution in [3.05, 3.63) is 53.4 Å². The highest BCUT2D eigenvalue weighted by molar-refractivity contribution is 6.08. The summed E-state index contributed by atoms with van der Waals surface area (Å²) in [6.45, 7) is 2.26. The fraction of sp³-hybridized carbons (Fsp3) is 0.167. The number of benzene rings is 1.